The Bertz CT molecular complexity index is 507. The fraction of sp³-hybridized carbons (Fsp3) is 0.214. The highest BCUT2D eigenvalue weighted by molar-refractivity contribution is 7.07. The van der Waals surface area contributed by atoms with Crippen molar-refractivity contribution in [3.8, 4) is 0 Å². The maximum Gasteiger partial charge on any atom is 0.253 e. The molecule has 2 aromatic rings. The van der Waals surface area contributed by atoms with Crippen LogP contribution in [0.25, 0.3) is 0 Å². The lowest BCUT2D eigenvalue weighted by Crippen LogP contribution is -2.25. The Morgan fingerprint density at radius 3 is 2.50 bits per heavy atom. The molecule has 0 radical (unpaired) electrons. The largest absolute Gasteiger partial charge is 0.337 e. The molecule has 0 saturated carbocycles. The zero-order valence-corrected chi connectivity index (χ0v) is 11.7. The van der Waals surface area contributed by atoms with Crippen molar-refractivity contribution in [2.24, 2.45) is 0 Å². The van der Waals surface area contributed by atoms with Gasteiger partial charge in [0, 0.05) is 25.0 Å². The molecule has 0 spiro atoms. The Morgan fingerprint density at radius 2 is 1.94 bits per heavy atom. The molecular weight excluding hydrogens is 266 g/mol. The molecule has 0 fully saturated rings. The van der Waals surface area contributed by atoms with Gasteiger partial charge in [-0.05, 0) is 40.1 Å². The molecule has 0 atom stereocenters. The van der Waals surface area contributed by atoms with E-state index < -0.39 is 0 Å². The van der Waals surface area contributed by atoms with E-state index in [4.69, 9.17) is 11.6 Å². The summed E-state index contributed by atoms with van der Waals surface area (Å²) in [5, 5.41) is 4.07. The van der Waals surface area contributed by atoms with Gasteiger partial charge in [0.1, 0.15) is 0 Å². The van der Waals surface area contributed by atoms with Gasteiger partial charge in [-0.2, -0.15) is 11.3 Å². The van der Waals surface area contributed by atoms with E-state index in [9.17, 15) is 4.79 Å². The number of thiophene rings is 1. The van der Waals surface area contributed by atoms with E-state index in [-0.39, 0.29) is 5.91 Å². The van der Waals surface area contributed by atoms with Crippen LogP contribution < -0.4 is 0 Å². The van der Waals surface area contributed by atoms with Crippen molar-refractivity contribution in [3.63, 3.8) is 0 Å². The maximum absolute atomic E-state index is 12.2. The molecule has 0 saturated heterocycles. The highest BCUT2D eigenvalue weighted by atomic mass is 35.5. The third kappa shape index (κ3) is 3.12. The van der Waals surface area contributed by atoms with Gasteiger partial charge in [-0.1, -0.05) is 12.1 Å². The molecule has 18 heavy (non-hydrogen) atoms. The van der Waals surface area contributed by atoms with Crippen LogP contribution in [0.1, 0.15) is 21.5 Å². The first kappa shape index (κ1) is 13.1. The first-order valence-electron chi connectivity index (χ1n) is 5.62. The number of nitrogens with zero attached hydrogens (tertiary/aromatic N) is 1. The van der Waals surface area contributed by atoms with Gasteiger partial charge >= 0.3 is 0 Å². The van der Waals surface area contributed by atoms with E-state index in [0.717, 1.165) is 11.1 Å². The Hall–Kier alpha value is -1.32. The second-order valence-corrected chi connectivity index (χ2v) is 5.17. The number of benzene rings is 1. The summed E-state index contributed by atoms with van der Waals surface area (Å²) in [4.78, 5) is 13.9. The van der Waals surface area contributed by atoms with Gasteiger partial charge in [0.25, 0.3) is 5.91 Å². The molecule has 0 unspecified atom stereocenters. The smallest absolute Gasteiger partial charge is 0.253 e. The van der Waals surface area contributed by atoms with E-state index in [1.807, 2.05) is 42.8 Å². The Kier molecular flexibility index (Phi) is 4.39. The summed E-state index contributed by atoms with van der Waals surface area (Å²) in [6, 6.07) is 9.46. The molecule has 0 aliphatic carbocycles. The van der Waals surface area contributed by atoms with Crippen molar-refractivity contribution in [1.29, 1.82) is 0 Å². The fourth-order valence-corrected chi connectivity index (χ4v) is 2.52. The van der Waals surface area contributed by atoms with Gasteiger partial charge in [0.2, 0.25) is 0 Å². The number of hydrogen-bond donors (Lipinski definition) is 0. The van der Waals surface area contributed by atoms with Gasteiger partial charge in [0.05, 0.1) is 0 Å². The predicted octanol–water partition coefficient (Wildman–Crippen LogP) is 3.76. The van der Waals surface area contributed by atoms with Crippen LogP contribution in [0, 0.1) is 0 Å². The van der Waals surface area contributed by atoms with Gasteiger partial charge < -0.3 is 4.90 Å². The fourth-order valence-electron chi connectivity index (χ4n) is 1.69. The quantitative estimate of drug-likeness (QED) is 0.781. The molecule has 2 nitrogen and oxygen atoms in total. The lowest BCUT2D eigenvalue weighted by molar-refractivity contribution is 0.0785. The Labute approximate surface area is 116 Å². The molecule has 0 aliphatic heterocycles. The lowest BCUT2D eigenvalue weighted by Gasteiger charge is -2.16. The van der Waals surface area contributed by atoms with Crippen molar-refractivity contribution in [1.82, 2.24) is 4.90 Å². The summed E-state index contributed by atoms with van der Waals surface area (Å²) in [6.07, 6.45) is 0. The maximum atomic E-state index is 12.2. The van der Waals surface area contributed by atoms with E-state index in [2.05, 4.69) is 5.38 Å². The number of amides is 1. The van der Waals surface area contributed by atoms with E-state index in [1.54, 1.807) is 16.2 Å². The molecule has 0 N–H and O–H groups in total. The molecule has 0 bridgehead atoms. The average molecular weight is 280 g/mol. The summed E-state index contributed by atoms with van der Waals surface area (Å²) < 4.78 is 0. The van der Waals surface area contributed by atoms with E-state index in [0.29, 0.717) is 18.0 Å². The van der Waals surface area contributed by atoms with Crippen LogP contribution in [0.2, 0.25) is 0 Å². The first-order chi connectivity index (χ1) is 8.70. The molecule has 0 aliphatic rings. The van der Waals surface area contributed by atoms with Gasteiger partial charge in [-0.15, -0.1) is 11.6 Å². The van der Waals surface area contributed by atoms with Crippen LogP contribution in [-0.2, 0) is 12.4 Å². The number of hydrogen-bond acceptors (Lipinski definition) is 2. The van der Waals surface area contributed by atoms with Crippen molar-refractivity contribution in [2.75, 3.05) is 7.05 Å². The number of rotatable bonds is 4. The molecule has 2 rings (SSSR count). The molecule has 1 aromatic carbocycles. The van der Waals surface area contributed by atoms with Crippen LogP contribution in [-0.4, -0.2) is 17.9 Å². The summed E-state index contributed by atoms with van der Waals surface area (Å²) in [5.41, 5.74) is 2.88. The second kappa shape index (κ2) is 6.03. The average Bonchev–Trinajstić information content (AvgIpc) is 2.91. The minimum Gasteiger partial charge on any atom is -0.337 e. The highest BCUT2D eigenvalue weighted by Crippen LogP contribution is 2.12. The predicted molar refractivity (Wildman–Crippen MR) is 76.1 cm³/mol. The van der Waals surface area contributed by atoms with Crippen LogP contribution in [0.5, 0.6) is 0 Å². The standard InChI is InChI=1S/C14H14ClNOS/c1-16(9-12-6-7-18-10-12)14(17)13-4-2-11(8-15)3-5-13/h2-7,10H,8-9H2,1H3. The first-order valence-corrected chi connectivity index (χ1v) is 7.10. The summed E-state index contributed by atoms with van der Waals surface area (Å²) in [6.45, 7) is 0.638. The topological polar surface area (TPSA) is 20.3 Å². The monoisotopic (exact) mass is 279 g/mol. The Balaban J connectivity index is 2.05. The third-order valence-electron chi connectivity index (χ3n) is 2.70. The molecular formula is C14H14ClNOS. The van der Waals surface area contributed by atoms with Crippen molar-refractivity contribution in [2.45, 2.75) is 12.4 Å². The molecule has 1 amide bonds. The van der Waals surface area contributed by atoms with Crippen molar-refractivity contribution >= 4 is 28.8 Å². The van der Waals surface area contributed by atoms with Crippen LogP contribution in [0.3, 0.4) is 0 Å². The summed E-state index contributed by atoms with van der Waals surface area (Å²) in [7, 11) is 1.81. The number of carbonyl (C=O) groups is 1. The molecule has 4 heteroatoms. The Morgan fingerprint density at radius 1 is 1.22 bits per heavy atom. The molecule has 1 aromatic heterocycles. The highest BCUT2D eigenvalue weighted by Gasteiger charge is 2.11. The number of carbonyl (C=O) groups excluding carboxylic acids is 1. The van der Waals surface area contributed by atoms with Gasteiger partial charge in [-0.3, -0.25) is 4.79 Å². The van der Waals surface area contributed by atoms with Crippen molar-refractivity contribution < 1.29 is 4.79 Å². The minimum atomic E-state index is 0.0299. The lowest BCUT2D eigenvalue weighted by atomic mass is 10.1. The number of halogens is 1. The zero-order chi connectivity index (χ0) is 13.0. The summed E-state index contributed by atoms with van der Waals surface area (Å²) in [5.74, 6) is 0.501. The molecule has 94 valence electrons. The van der Waals surface area contributed by atoms with Crippen molar-refractivity contribution in [3.05, 3.63) is 57.8 Å². The minimum absolute atomic E-state index is 0.0299. The van der Waals surface area contributed by atoms with Crippen LogP contribution in [0.4, 0.5) is 0 Å². The van der Waals surface area contributed by atoms with Crippen LogP contribution >= 0.6 is 22.9 Å². The second-order valence-electron chi connectivity index (χ2n) is 4.12. The van der Waals surface area contributed by atoms with Crippen LogP contribution in [0.15, 0.2) is 41.1 Å². The van der Waals surface area contributed by atoms with E-state index in [1.165, 1.54) is 0 Å². The number of alkyl halides is 1. The van der Waals surface area contributed by atoms with Gasteiger partial charge in [-0.25, -0.2) is 0 Å². The third-order valence-corrected chi connectivity index (χ3v) is 3.74. The SMILES string of the molecule is CN(Cc1ccsc1)C(=O)c1ccc(CCl)cc1. The zero-order valence-electron chi connectivity index (χ0n) is 10.1. The summed E-state index contributed by atoms with van der Waals surface area (Å²) >= 11 is 7.36. The molecule has 1 heterocycles. The van der Waals surface area contributed by atoms with E-state index >= 15 is 0 Å². The normalized spacial score (nSPS) is 10.3. The van der Waals surface area contributed by atoms with Gasteiger partial charge in [0.15, 0.2) is 0 Å².